The van der Waals surface area contributed by atoms with Crippen LogP contribution in [0.2, 0.25) is 0 Å². The number of hydrogen-bond donors (Lipinski definition) is 6. The fourth-order valence-corrected chi connectivity index (χ4v) is 2.82. The van der Waals surface area contributed by atoms with Crippen LogP contribution in [-0.2, 0) is 4.74 Å². The minimum atomic E-state index is -1.83. The minimum Gasteiger partial charge on any atom is -0.503 e. The van der Waals surface area contributed by atoms with Crippen LogP contribution in [0, 0.1) is 11.6 Å². The molecule has 152 valence electrons. The molecule has 1 fully saturated rings. The van der Waals surface area contributed by atoms with E-state index in [1.807, 2.05) is 0 Å². The van der Waals surface area contributed by atoms with Crippen molar-refractivity contribution in [2.75, 3.05) is 6.61 Å². The van der Waals surface area contributed by atoms with Crippen LogP contribution in [0.3, 0.4) is 0 Å². The molecular weight excluding hydrogens is 388 g/mol. The van der Waals surface area contributed by atoms with Gasteiger partial charge in [-0.05, 0) is 12.1 Å². The Kier molecular flexibility index (Phi) is 5.32. The number of ether oxygens (including phenoxy) is 1. The van der Waals surface area contributed by atoms with Crippen molar-refractivity contribution in [2.45, 2.75) is 30.6 Å². The van der Waals surface area contributed by atoms with Gasteiger partial charge in [0.05, 0.1) is 6.61 Å². The Balaban J connectivity index is 1.92. The molecule has 2 unspecified atom stereocenters. The number of phenols is 1. The molecule has 0 saturated carbocycles. The molecular formula is C16H15F2NO9. The highest BCUT2D eigenvalue weighted by molar-refractivity contribution is 5.97. The van der Waals surface area contributed by atoms with Gasteiger partial charge in [0.2, 0.25) is 5.82 Å². The molecule has 1 amide bonds. The van der Waals surface area contributed by atoms with Gasteiger partial charge in [0.1, 0.15) is 29.9 Å². The van der Waals surface area contributed by atoms with E-state index in [1.165, 1.54) is 0 Å². The van der Waals surface area contributed by atoms with Crippen molar-refractivity contribution < 1.29 is 48.3 Å². The van der Waals surface area contributed by atoms with Crippen molar-refractivity contribution >= 4 is 16.9 Å². The van der Waals surface area contributed by atoms with Crippen LogP contribution in [0.4, 0.5) is 8.78 Å². The maximum Gasteiger partial charge on any atom is 0.349 e. The predicted octanol–water partition coefficient (Wildman–Crippen LogP) is -1.69. The van der Waals surface area contributed by atoms with Crippen molar-refractivity contribution in [3.63, 3.8) is 0 Å². The number of carbonyl (C=O) groups excluding carboxylic acids is 1. The number of benzene rings is 1. The quantitative estimate of drug-likeness (QED) is 0.327. The number of aliphatic hydroxyl groups excluding tert-OH is 4. The molecule has 1 saturated heterocycles. The summed E-state index contributed by atoms with van der Waals surface area (Å²) in [6, 6.07) is -0.165. The van der Waals surface area contributed by atoms with E-state index in [0.29, 0.717) is 6.07 Å². The normalized spacial score (nSPS) is 27.7. The van der Waals surface area contributed by atoms with Gasteiger partial charge in [-0.15, -0.1) is 0 Å². The van der Waals surface area contributed by atoms with Gasteiger partial charge in [0.15, 0.2) is 23.4 Å². The number of hydrogen-bond acceptors (Lipinski definition) is 9. The number of halogens is 2. The second-order valence-corrected chi connectivity index (χ2v) is 6.11. The Morgan fingerprint density at radius 1 is 1.18 bits per heavy atom. The summed E-state index contributed by atoms with van der Waals surface area (Å²) in [5.74, 6) is -5.43. The summed E-state index contributed by atoms with van der Waals surface area (Å²) >= 11 is 0. The highest BCUT2D eigenvalue weighted by Gasteiger charge is 2.44. The zero-order chi connectivity index (χ0) is 20.7. The lowest BCUT2D eigenvalue weighted by Crippen LogP contribution is -2.64. The molecule has 1 aliphatic rings. The standard InChI is InChI=1S/C16H15F2NO9/c17-6-2-4-1-5(15(25)28-13(4)8(18)10(6)21)14(24)19-9-12(23)11(22)7(3-20)27-16(9)26/h1-2,7,9,11-12,16,20-23,26H,3H2,(H,19,24)/t7?,9-,11+,12?,16+/m1/s1. The molecule has 1 aromatic carbocycles. The zero-order valence-corrected chi connectivity index (χ0v) is 13.9. The van der Waals surface area contributed by atoms with Gasteiger partial charge < -0.3 is 40.0 Å². The number of amides is 1. The SMILES string of the molecule is O=C(N[C@@H]1C(O)[C@@H](O)C(CO)O[C@@H]1O)c1cc2cc(F)c(O)c(F)c2oc1=O. The van der Waals surface area contributed by atoms with Crippen LogP contribution in [0.5, 0.6) is 5.75 Å². The topological polar surface area (TPSA) is 170 Å². The average Bonchev–Trinajstić information content (AvgIpc) is 2.66. The Morgan fingerprint density at radius 3 is 2.50 bits per heavy atom. The Labute approximate surface area is 154 Å². The maximum atomic E-state index is 13.8. The van der Waals surface area contributed by atoms with E-state index in [1.54, 1.807) is 0 Å². The Bertz CT molecular complexity index is 979. The summed E-state index contributed by atoms with van der Waals surface area (Å²) in [4.78, 5) is 24.3. The number of aromatic hydroxyl groups is 1. The summed E-state index contributed by atoms with van der Waals surface area (Å²) in [5.41, 5.74) is -2.85. The summed E-state index contributed by atoms with van der Waals surface area (Å²) in [7, 11) is 0. The lowest BCUT2D eigenvalue weighted by molar-refractivity contribution is -0.252. The number of aliphatic hydroxyl groups is 4. The second kappa shape index (κ2) is 7.41. The van der Waals surface area contributed by atoms with Crippen LogP contribution in [-0.4, -0.2) is 68.7 Å². The van der Waals surface area contributed by atoms with E-state index in [0.717, 1.165) is 6.07 Å². The zero-order valence-electron chi connectivity index (χ0n) is 13.9. The fourth-order valence-electron chi connectivity index (χ4n) is 2.82. The summed E-state index contributed by atoms with van der Waals surface area (Å²) in [5, 5.41) is 49.6. The lowest BCUT2D eigenvalue weighted by Gasteiger charge is -2.40. The predicted molar refractivity (Wildman–Crippen MR) is 85.3 cm³/mol. The van der Waals surface area contributed by atoms with Gasteiger partial charge in [-0.25, -0.2) is 9.18 Å². The van der Waals surface area contributed by atoms with Crippen LogP contribution in [0.1, 0.15) is 10.4 Å². The third kappa shape index (κ3) is 3.31. The summed E-state index contributed by atoms with van der Waals surface area (Å²) in [6.45, 7) is -0.714. The Morgan fingerprint density at radius 2 is 1.86 bits per heavy atom. The second-order valence-electron chi connectivity index (χ2n) is 6.11. The largest absolute Gasteiger partial charge is 0.503 e. The van der Waals surface area contributed by atoms with Gasteiger partial charge in [0.25, 0.3) is 5.91 Å². The molecule has 28 heavy (non-hydrogen) atoms. The summed E-state index contributed by atoms with van der Waals surface area (Å²) in [6.07, 6.45) is -6.55. The molecule has 6 N–H and O–H groups in total. The van der Waals surface area contributed by atoms with Crippen LogP contribution >= 0.6 is 0 Å². The van der Waals surface area contributed by atoms with Crippen molar-refractivity contribution in [2.24, 2.45) is 0 Å². The van der Waals surface area contributed by atoms with Crippen LogP contribution in [0.15, 0.2) is 21.3 Å². The fraction of sp³-hybridized carbons (Fsp3) is 0.375. The Hall–Kier alpha value is -2.64. The first-order chi connectivity index (χ1) is 13.1. The lowest BCUT2D eigenvalue weighted by atomic mass is 9.97. The van der Waals surface area contributed by atoms with E-state index in [-0.39, 0.29) is 5.39 Å². The van der Waals surface area contributed by atoms with Crippen molar-refractivity contribution in [1.82, 2.24) is 5.32 Å². The molecule has 0 bridgehead atoms. The molecule has 12 heteroatoms. The van der Waals surface area contributed by atoms with Gasteiger partial charge in [-0.1, -0.05) is 0 Å². The van der Waals surface area contributed by atoms with Crippen LogP contribution < -0.4 is 10.9 Å². The molecule has 0 aliphatic carbocycles. The molecule has 5 atom stereocenters. The van der Waals surface area contributed by atoms with Gasteiger partial charge in [-0.2, -0.15) is 4.39 Å². The van der Waals surface area contributed by atoms with E-state index >= 15 is 0 Å². The van der Waals surface area contributed by atoms with Crippen molar-refractivity contribution in [3.05, 3.63) is 39.8 Å². The van der Waals surface area contributed by atoms with Gasteiger partial charge in [-0.3, -0.25) is 4.79 Å². The number of nitrogens with one attached hydrogen (secondary N) is 1. The van der Waals surface area contributed by atoms with Crippen LogP contribution in [0.25, 0.3) is 11.0 Å². The molecule has 2 heterocycles. The van der Waals surface area contributed by atoms with Gasteiger partial charge in [0, 0.05) is 5.39 Å². The highest BCUT2D eigenvalue weighted by Crippen LogP contribution is 2.28. The highest BCUT2D eigenvalue weighted by atomic mass is 19.1. The maximum absolute atomic E-state index is 13.8. The first-order valence-electron chi connectivity index (χ1n) is 7.92. The molecule has 3 rings (SSSR count). The number of fused-ring (bicyclic) bond motifs is 1. The molecule has 1 aromatic heterocycles. The van der Waals surface area contributed by atoms with E-state index in [9.17, 15) is 38.8 Å². The number of phenolic OH excluding ortho intramolecular Hbond substituents is 1. The molecule has 0 spiro atoms. The third-order valence-corrected chi connectivity index (χ3v) is 4.33. The minimum absolute atomic E-state index is 0.348. The molecule has 2 aromatic rings. The monoisotopic (exact) mass is 403 g/mol. The van der Waals surface area contributed by atoms with Crippen molar-refractivity contribution in [3.8, 4) is 5.75 Å². The smallest absolute Gasteiger partial charge is 0.349 e. The molecule has 0 radical (unpaired) electrons. The van der Waals surface area contributed by atoms with E-state index in [4.69, 9.17) is 9.84 Å². The number of carbonyl (C=O) groups is 1. The molecule has 10 nitrogen and oxygen atoms in total. The van der Waals surface area contributed by atoms with Gasteiger partial charge >= 0.3 is 5.63 Å². The first-order valence-corrected chi connectivity index (χ1v) is 7.92. The first kappa shape index (κ1) is 20.1. The average molecular weight is 403 g/mol. The van der Waals surface area contributed by atoms with E-state index in [2.05, 4.69) is 9.73 Å². The number of rotatable bonds is 3. The van der Waals surface area contributed by atoms with E-state index < -0.39 is 77.3 Å². The summed E-state index contributed by atoms with van der Waals surface area (Å²) < 4.78 is 36.8. The molecule has 1 aliphatic heterocycles. The van der Waals surface area contributed by atoms with Crippen molar-refractivity contribution in [1.29, 1.82) is 0 Å². The third-order valence-electron chi connectivity index (χ3n) is 4.33.